The molecule has 6 nitrogen and oxygen atoms in total. The van der Waals surface area contributed by atoms with E-state index in [1.165, 1.54) is 0 Å². The predicted molar refractivity (Wildman–Crippen MR) is 143 cm³/mol. The van der Waals surface area contributed by atoms with Crippen LogP contribution in [0.25, 0.3) is 11.1 Å². The molecule has 37 heavy (non-hydrogen) atoms. The molecule has 3 aromatic rings. The first-order valence-electron chi connectivity index (χ1n) is 12.6. The molecule has 0 unspecified atom stereocenters. The Bertz CT molecular complexity index is 1220. The van der Waals surface area contributed by atoms with Crippen molar-refractivity contribution in [3.05, 3.63) is 96.1 Å². The molecular weight excluding hydrogens is 466 g/mol. The molecule has 2 amide bonds. The van der Waals surface area contributed by atoms with Crippen molar-refractivity contribution >= 4 is 12.0 Å². The summed E-state index contributed by atoms with van der Waals surface area (Å²) in [5, 5.41) is 11.2. The highest BCUT2D eigenvalue weighted by molar-refractivity contribution is 5.99. The van der Waals surface area contributed by atoms with Crippen LogP contribution in [0.1, 0.15) is 51.8 Å². The van der Waals surface area contributed by atoms with Crippen molar-refractivity contribution in [2.24, 2.45) is 5.92 Å². The van der Waals surface area contributed by atoms with E-state index in [9.17, 15) is 14.7 Å². The van der Waals surface area contributed by atoms with E-state index in [4.69, 9.17) is 9.47 Å². The van der Waals surface area contributed by atoms with Gasteiger partial charge in [-0.1, -0.05) is 98.8 Å². The van der Waals surface area contributed by atoms with Crippen molar-refractivity contribution in [1.82, 2.24) is 4.90 Å². The van der Waals surface area contributed by atoms with E-state index in [1.54, 1.807) is 20.8 Å². The number of cyclic esters (lactones) is 1. The number of imide groups is 1. The molecule has 1 heterocycles. The lowest BCUT2D eigenvalue weighted by atomic mass is 9.86. The van der Waals surface area contributed by atoms with E-state index in [1.807, 2.05) is 98.8 Å². The summed E-state index contributed by atoms with van der Waals surface area (Å²) in [6.45, 7) is 8.83. The fourth-order valence-electron chi connectivity index (χ4n) is 4.94. The van der Waals surface area contributed by atoms with Gasteiger partial charge in [0.15, 0.2) is 5.60 Å². The third-order valence-corrected chi connectivity index (χ3v) is 7.02. The number of carbonyl (C=O) groups excluding carboxylic acids is 2. The molecule has 194 valence electrons. The normalized spacial score (nSPS) is 19.4. The second-order valence-electron chi connectivity index (χ2n) is 10.6. The Morgan fingerprint density at radius 2 is 1.51 bits per heavy atom. The fraction of sp³-hybridized carbons (Fsp3) is 0.355. The first-order chi connectivity index (χ1) is 17.5. The van der Waals surface area contributed by atoms with Gasteiger partial charge in [0.1, 0.15) is 11.6 Å². The number of amides is 2. The van der Waals surface area contributed by atoms with Crippen LogP contribution >= 0.6 is 0 Å². The van der Waals surface area contributed by atoms with Gasteiger partial charge in [-0.2, -0.15) is 0 Å². The number of aliphatic hydroxyl groups is 1. The van der Waals surface area contributed by atoms with Crippen LogP contribution in [0.4, 0.5) is 4.79 Å². The number of aliphatic hydroxyl groups excluding tert-OH is 1. The van der Waals surface area contributed by atoms with E-state index < -0.39 is 35.3 Å². The maximum absolute atomic E-state index is 14.1. The monoisotopic (exact) mass is 501 g/mol. The van der Waals surface area contributed by atoms with Gasteiger partial charge >= 0.3 is 6.09 Å². The van der Waals surface area contributed by atoms with Crippen LogP contribution in [0, 0.1) is 5.92 Å². The van der Waals surface area contributed by atoms with E-state index in [2.05, 4.69) is 0 Å². The van der Waals surface area contributed by atoms with E-state index >= 15 is 0 Å². The number of benzene rings is 3. The van der Waals surface area contributed by atoms with Crippen LogP contribution in [0.3, 0.4) is 0 Å². The third kappa shape index (κ3) is 5.31. The van der Waals surface area contributed by atoms with Gasteiger partial charge in [0.2, 0.25) is 0 Å². The quantitative estimate of drug-likeness (QED) is 0.401. The van der Waals surface area contributed by atoms with Gasteiger partial charge in [0.05, 0.1) is 12.7 Å². The highest BCUT2D eigenvalue weighted by Gasteiger charge is 2.57. The minimum absolute atomic E-state index is 0.0867. The standard InChI is InChI=1S/C31H35NO5/c1-21(2)27(33)31(5,36-20-22-16-18-24(19-17-22)23-12-8-6-9-13-23)28(34)32-26(25-14-10-7-11-15-25)30(3,4)37-29(32)35/h6-19,21,26-27,33H,20H2,1-5H3/t26-,27-,31-/m0/s1. The number of nitrogens with zero attached hydrogens (tertiary/aromatic N) is 1. The Morgan fingerprint density at radius 1 is 0.973 bits per heavy atom. The van der Waals surface area contributed by atoms with Gasteiger partial charge in [-0.15, -0.1) is 0 Å². The molecule has 0 spiro atoms. The van der Waals surface area contributed by atoms with E-state index in [0.717, 1.165) is 27.2 Å². The SMILES string of the molecule is CC(C)[C@H](O)[C@](C)(OCc1ccc(-c2ccccc2)cc1)C(=O)N1C(=O)OC(C)(C)[C@@H]1c1ccccc1. The molecule has 1 fully saturated rings. The van der Waals surface area contributed by atoms with Gasteiger partial charge in [0.25, 0.3) is 5.91 Å². The number of hydrogen-bond donors (Lipinski definition) is 1. The van der Waals surface area contributed by atoms with E-state index in [0.29, 0.717) is 0 Å². The molecule has 0 bridgehead atoms. The maximum atomic E-state index is 14.1. The Morgan fingerprint density at radius 3 is 2.08 bits per heavy atom. The topological polar surface area (TPSA) is 76.1 Å². The fourth-order valence-corrected chi connectivity index (χ4v) is 4.94. The van der Waals surface area contributed by atoms with Crippen LogP contribution in [0.15, 0.2) is 84.9 Å². The summed E-state index contributed by atoms with van der Waals surface area (Å²) in [4.78, 5) is 28.3. The lowest BCUT2D eigenvalue weighted by Crippen LogP contribution is -2.58. The van der Waals surface area contributed by atoms with Crippen LogP contribution < -0.4 is 0 Å². The van der Waals surface area contributed by atoms with Crippen LogP contribution in [0.5, 0.6) is 0 Å². The second kappa shape index (κ2) is 10.5. The molecular formula is C31H35NO5. The van der Waals surface area contributed by atoms with Crippen molar-refractivity contribution in [3.63, 3.8) is 0 Å². The zero-order chi connectivity index (χ0) is 26.8. The summed E-state index contributed by atoms with van der Waals surface area (Å²) < 4.78 is 11.8. The molecule has 0 radical (unpaired) electrons. The molecule has 1 aliphatic rings. The van der Waals surface area contributed by atoms with Gasteiger partial charge < -0.3 is 14.6 Å². The lowest BCUT2D eigenvalue weighted by Gasteiger charge is -2.39. The maximum Gasteiger partial charge on any atom is 0.417 e. The Hall–Kier alpha value is -3.48. The Kier molecular flexibility index (Phi) is 7.53. The summed E-state index contributed by atoms with van der Waals surface area (Å²) in [6.07, 6.45) is -1.90. The van der Waals surface area contributed by atoms with Crippen LogP contribution in [-0.4, -0.2) is 39.3 Å². The Labute approximate surface area is 218 Å². The van der Waals surface area contributed by atoms with E-state index in [-0.39, 0.29) is 12.5 Å². The van der Waals surface area contributed by atoms with Crippen LogP contribution in [-0.2, 0) is 20.9 Å². The van der Waals surface area contributed by atoms with Crippen molar-refractivity contribution in [2.45, 2.75) is 64.6 Å². The highest BCUT2D eigenvalue weighted by atomic mass is 16.6. The van der Waals surface area contributed by atoms with Gasteiger partial charge in [-0.05, 0) is 48.9 Å². The first kappa shape index (κ1) is 26.6. The third-order valence-electron chi connectivity index (χ3n) is 7.02. The molecule has 1 saturated heterocycles. The highest BCUT2D eigenvalue weighted by Crippen LogP contribution is 2.43. The summed E-state index contributed by atoms with van der Waals surface area (Å²) in [7, 11) is 0. The molecule has 1 aliphatic heterocycles. The van der Waals surface area contributed by atoms with Crippen molar-refractivity contribution < 1.29 is 24.2 Å². The minimum Gasteiger partial charge on any atom is -0.440 e. The molecule has 0 aromatic heterocycles. The molecule has 0 saturated carbocycles. The second-order valence-corrected chi connectivity index (χ2v) is 10.6. The van der Waals surface area contributed by atoms with Crippen LogP contribution in [0.2, 0.25) is 0 Å². The summed E-state index contributed by atoms with van der Waals surface area (Å²) in [5.74, 6) is -0.921. The zero-order valence-corrected chi connectivity index (χ0v) is 22.0. The van der Waals surface area contributed by atoms with Crippen molar-refractivity contribution in [2.75, 3.05) is 0 Å². The number of carbonyl (C=O) groups is 2. The first-order valence-corrected chi connectivity index (χ1v) is 12.6. The largest absolute Gasteiger partial charge is 0.440 e. The zero-order valence-electron chi connectivity index (χ0n) is 22.0. The average molecular weight is 502 g/mol. The summed E-state index contributed by atoms with van der Waals surface area (Å²) in [5.41, 5.74) is 1.15. The molecule has 3 aromatic carbocycles. The molecule has 6 heteroatoms. The lowest BCUT2D eigenvalue weighted by molar-refractivity contribution is -0.178. The number of rotatable bonds is 8. The van der Waals surface area contributed by atoms with Crippen molar-refractivity contribution in [3.8, 4) is 11.1 Å². The molecule has 3 atom stereocenters. The average Bonchev–Trinajstić information content (AvgIpc) is 3.15. The Balaban J connectivity index is 1.62. The van der Waals surface area contributed by atoms with Gasteiger partial charge in [-0.3, -0.25) is 4.79 Å². The molecule has 1 N–H and O–H groups in total. The molecule has 4 rings (SSSR count). The minimum atomic E-state index is -1.68. The van der Waals surface area contributed by atoms with Crippen molar-refractivity contribution in [1.29, 1.82) is 0 Å². The molecule has 0 aliphatic carbocycles. The summed E-state index contributed by atoms with van der Waals surface area (Å²) in [6, 6.07) is 26.6. The predicted octanol–water partition coefficient (Wildman–Crippen LogP) is 6.14. The number of ether oxygens (including phenoxy) is 2. The van der Waals surface area contributed by atoms with Gasteiger partial charge in [-0.25, -0.2) is 9.69 Å². The smallest absolute Gasteiger partial charge is 0.417 e. The summed E-state index contributed by atoms with van der Waals surface area (Å²) >= 11 is 0. The van der Waals surface area contributed by atoms with Gasteiger partial charge in [0, 0.05) is 0 Å². The number of hydrogen-bond acceptors (Lipinski definition) is 5.